The van der Waals surface area contributed by atoms with Gasteiger partial charge in [0.2, 0.25) is 0 Å². The van der Waals surface area contributed by atoms with Crippen molar-refractivity contribution in [2.75, 3.05) is 7.05 Å². The highest BCUT2D eigenvalue weighted by atomic mass is 16.5. The highest BCUT2D eigenvalue weighted by Crippen LogP contribution is 2.22. The number of hydrogen-bond acceptors (Lipinski definition) is 5. The molecule has 0 saturated heterocycles. The normalized spacial score (nSPS) is 11.8. The van der Waals surface area contributed by atoms with Crippen LogP contribution in [0.4, 0.5) is 4.79 Å². The monoisotopic (exact) mass is 304 g/mol. The van der Waals surface area contributed by atoms with E-state index in [1.54, 1.807) is 19.1 Å². The Labute approximate surface area is 126 Å². The van der Waals surface area contributed by atoms with E-state index in [4.69, 9.17) is 9.15 Å². The number of benzene rings is 1. The van der Waals surface area contributed by atoms with Gasteiger partial charge in [0, 0.05) is 24.6 Å². The second kappa shape index (κ2) is 6.30. The molecule has 0 aliphatic heterocycles. The number of carbonyl (C=O) groups excluding carboxylic acids is 2. The number of urea groups is 1. The molecule has 7 nitrogen and oxygen atoms in total. The van der Waals surface area contributed by atoms with Crippen LogP contribution in [0.25, 0.3) is 11.0 Å². The molecule has 1 heterocycles. The molecule has 2 rings (SSSR count). The molecular weight excluding hydrogens is 288 g/mol. The molecule has 1 aromatic carbocycles. The highest BCUT2D eigenvalue weighted by molar-refractivity contribution is 5.96. The Morgan fingerprint density at radius 2 is 2.00 bits per heavy atom. The number of rotatable bonds is 3. The maximum atomic E-state index is 11.7. The molecule has 1 atom stereocenters. The van der Waals surface area contributed by atoms with Crippen LogP contribution in [-0.2, 0) is 4.79 Å². The van der Waals surface area contributed by atoms with E-state index in [1.807, 2.05) is 0 Å². The number of amides is 3. The third-order valence-corrected chi connectivity index (χ3v) is 3.07. The van der Waals surface area contributed by atoms with Crippen molar-refractivity contribution in [3.63, 3.8) is 0 Å². The fourth-order valence-corrected chi connectivity index (χ4v) is 1.91. The van der Waals surface area contributed by atoms with Crippen molar-refractivity contribution < 1.29 is 18.7 Å². The summed E-state index contributed by atoms with van der Waals surface area (Å²) in [5.74, 6) is -0.217. The van der Waals surface area contributed by atoms with Crippen molar-refractivity contribution in [1.29, 1.82) is 0 Å². The summed E-state index contributed by atoms with van der Waals surface area (Å²) >= 11 is 0. The molecule has 3 amide bonds. The van der Waals surface area contributed by atoms with Gasteiger partial charge < -0.3 is 14.5 Å². The minimum absolute atomic E-state index is 0.362. The summed E-state index contributed by atoms with van der Waals surface area (Å²) in [6.45, 7) is 3.31. The molecule has 116 valence electrons. The van der Waals surface area contributed by atoms with Crippen LogP contribution in [0, 0.1) is 6.92 Å². The van der Waals surface area contributed by atoms with Crippen LogP contribution >= 0.6 is 0 Å². The number of fused-ring (bicyclic) bond motifs is 1. The molecule has 22 heavy (non-hydrogen) atoms. The van der Waals surface area contributed by atoms with Gasteiger partial charge in [-0.25, -0.2) is 9.59 Å². The molecule has 0 saturated carbocycles. The molecule has 7 heteroatoms. The molecule has 0 aliphatic rings. The van der Waals surface area contributed by atoms with Crippen LogP contribution < -0.4 is 21.0 Å². The summed E-state index contributed by atoms with van der Waals surface area (Å²) in [6, 6.07) is 5.74. The van der Waals surface area contributed by atoms with Crippen molar-refractivity contribution >= 4 is 22.9 Å². The molecule has 0 radical (unpaired) electrons. The van der Waals surface area contributed by atoms with Crippen LogP contribution in [0.1, 0.15) is 12.5 Å². The van der Waals surface area contributed by atoms with E-state index < -0.39 is 23.7 Å². The van der Waals surface area contributed by atoms with Gasteiger partial charge in [0.25, 0.3) is 5.91 Å². The van der Waals surface area contributed by atoms with Crippen molar-refractivity contribution in [3.8, 4) is 5.75 Å². The van der Waals surface area contributed by atoms with E-state index >= 15 is 0 Å². The zero-order chi connectivity index (χ0) is 16.3. The number of hydrogen-bond donors (Lipinski definition) is 2. The van der Waals surface area contributed by atoms with Crippen LogP contribution in [0.15, 0.2) is 33.5 Å². The third kappa shape index (κ3) is 3.43. The van der Waals surface area contributed by atoms with Gasteiger partial charge in [-0.3, -0.25) is 10.1 Å². The molecule has 0 unspecified atom stereocenters. The smallest absolute Gasteiger partial charge is 0.336 e. The van der Waals surface area contributed by atoms with Crippen LogP contribution in [0.2, 0.25) is 0 Å². The van der Waals surface area contributed by atoms with Gasteiger partial charge in [-0.15, -0.1) is 0 Å². The number of aryl methyl sites for hydroxylation is 1. The first-order chi connectivity index (χ1) is 10.4. The molecule has 0 fully saturated rings. The van der Waals surface area contributed by atoms with Crippen LogP contribution in [0.3, 0.4) is 0 Å². The Balaban J connectivity index is 2.19. The minimum Gasteiger partial charge on any atom is -0.481 e. The maximum Gasteiger partial charge on any atom is 0.336 e. The average molecular weight is 304 g/mol. The molecular formula is C15H16N2O5. The van der Waals surface area contributed by atoms with E-state index in [0.29, 0.717) is 11.3 Å². The summed E-state index contributed by atoms with van der Waals surface area (Å²) in [7, 11) is 1.40. The largest absolute Gasteiger partial charge is 0.481 e. The van der Waals surface area contributed by atoms with Gasteiger partial charge in [0.05, 0.1) is 0 Å². The van der Waals surface area contributed by atoms with E-state index in [9.17, 15) is 14.4 Å². The maximum absolute atomic E-state index is 11.7. The summed E-state index contributed by atoms with van der Waals surface area (Å²) in [6.07, 6.45) is -0.883. The first-order valence-electron chi connectivity index (χ1n) is 6.64. The van der Waals surface area contributed by atoms with Crippen molar-refractivity contribution in [3.05, 3.63) is 40.2 Å². The van der Waals surface area contributed by atoms with Crippen molar-refractivity contribution in [1.82, 2.24) is 10.6 Å². The zero-order valence-electron chi connectivity index (χ0n) is 12.4. The fraction of sp³-hybridized carbons (Fsp3) is 0.267. The quantitative estimate of drug-likeness (QED) is 0.834. The first-order valence-corrected chi connectivity index (χ1v) is 6.64. The van der Waals surface area contributed by atoms with E-state index in [1.165, 1.54) is 26.1 Å². The molecule has 2 N–H and O–H groups in total. The second-order valence-corrected chi connectivity index (χ2v) is 4.73. The second-order valence-electron chi connectivity index (χ2n) is 4.73. The lowest BCUT2D eigenvalue weighted by Crippen LogP contribution is -2.43. The third-order valence-electron chi connectivity index (χ3n) is 3.07. The SMILES string of the molecule is CNC(=O)NC(=O)[C@@H](C)Oc1ccc2c(C)cc(=O)oc2c1. The Morgan fingerprint density at radius 1 is 1.27 bits per heavy atom. The molecule has 1 aromatic heterocycles. The van der Waals surface area contributed by atoms with Gasteiger partial charge in [-0.2, -0.15) is 0 Å². The number of nitrogens with one attached hydrogen (secondary N) is 2. The van der Waals surface area contributed by atoms with Gasteiger partial charge in [0.15, 0.2) is 6.10 Å². The molecule has 2 aromatic rings. The minimum atomic E-state index is -0.883. The summed E-state index contributed by atoms with van der Waals surface area (Å²) in [5, 5.41) is 5.18. The summed E-state index contributed by atoms with van der Waals surface area (Å²) < 4.78 is 10.6. The fourth-order valence-electron chi connectivity index (χ4n) is 1.91. The number of ether oxygens (including phenoxy) is 1. The van der Waals surface area contributed by atoms with Crippen LogP contribution in [0.5, 0.6) is 5.75 Å². The van der Waals surface area contributed by atoms with E-state index in [-0.39, 0.29) is 0 Å². The summed E-state index contributed by atoms with van der Waals surface area (Å²) in [4.78, 5) is 34.2. The van der Waals surface area contributed by atoms with Gasteiger partial charge in [0.1, 0.15) is 11.3 Å². The van der Waals surface area contributed by atoms with E-state index in [2.05, 4.69) is 10.6 Å². The number of imide groups is 1. The van der Waals surface area contributed by atoms with E-state index in [0.717, 1.165) is 10.9 Å². The van der Waals surface area contributed by atoms with Crippen molar-refractivity contribution in [2.24, 2.45) is 0 Å². The zero-order valence-corrected chi connectivity index (χ0v) is 12.4. The Morgan fingerprint density at radius 3 is 2.68 bits per heavy atom. The molecule has 0 aliphatic carbocycles. The number of carbonyl (C=O) groups is 2. The predicted octanol–water partition coefficient (Wildman–Crippen LogP) is 1.32. The van der Waals surface area contributed by atoms with Gasteiger partial charge in [-0.05, 0) is 31.5 Å². The van der Waals surface area contributed by atoms with Gasteiger partial charge >= 0.3 is 11.7 Å². The highest BCUT2D eigenvalue weighted by Gasteiger charge is 2.17. The lowest BCUT2D eigenvalue weighted by molar-refractivity contribution is -0.126. The molecule has 0 bridgehead atoms. The molecule has 0 spiro atoms. The average Bonchev–Trinajstić information content (AvgIpc) is 2.46. The Hall–Kier alpha value is -2.83. The topological polar surface area (TPSA) is 97.6 Å². The van der Waals surface area contributed by atoms with Gasteiger partial charge in [-0.1, -0.05) is 0 Å². The standard InChI is InChI=1S/C15H16N2O5/c1-8-6-13(18)22-12-7-10(4-5-11(8)12)21-9(2)14(19)17-15(20)16-3/h4-7,9H,1-3H3,(H2,16,17,19,20)/t9-/m1/s1. The Kier molecular flexibility index (Phi) is 4.45. The lowest BCUT2D eigenvalue weighted by atomic mass is 10.1. The van der Waals surface area contributed by atoms with Crippen molar-refractivity contribution in [2.45, 2.75) is 20.0 Å². The Bertz CT molecular complexity index is 781. The first kappa shape index (κ1) is 15.6. The predicted molar refractivity (Wildman–Crippen MR) is 79.9 cm³/mol. The summed E-state index contributed by atoms with van der Waals surface area (Å²) in [5.41, 5.74) is 0.720. The lowest BCUT2D eigenvalue weighted by Gasteiger charge is -2.14. The van der Waals surface area contributed by atoms with Crippen LogP contribution in [-0.4, -0.2) is 25.1 Å².